The van der Waals surface area contributed by atoms with Gasteiger partial charge in [-0.05, 0) is 28.9 Å². The number of aromatic nitrogens is 2. The topological polar surface area (TPSA) is 48.3 Å². The Balaban J connectivity index is 2.08. The third-order valence-electron chi connectivity index (χ3n) is 3.03. The molecule has 102 valence electrons. The van der Waals surface area contributed by atoms with Gasteiger partial charge in [0.05, 0.1) is 35.6 Å². The van der Waals surface area contributed by atoms with E-state index in [0.29, 0.717) is 13.2 Å². The third kappa shape index (κ3) is 3.32. The van der Waals surface area contributed by atoms with Gasteiger partial charge in [-0.1, -0.05) is 6.92 Å². The first-order valence-corrected chi connectivity index (χ1v) is 7.15. The highest BCUT2D eigenvalue weighted by atomic mass is 79.9. The molecule has 1 saturated heterocycles. The molecule has 2 heterocycles. The predicted molar refractivity (Wildman–Crippen MR) is 72.3 cm³/mol. The molecule has 1 aliphatic rings. The van der Waals surface area contributed by atoms with E-state index >= 15 is 0 Å². The van der Waals surface area contributed by atoms with Crippen LogP contribution < -0.4 is 5.32 Å². The Morgan fingerprint density at radius 1 is 1.56 bits per heavy atom. The minimum Gasteiger partial charge on any atom is -0.350 e. The van der Waals surface area contributed by atoms with Gasteiger partial charge in [0.25, 0.3) is 0 Å². The van der Waals surface area contributed by atoms with Crippen LogP contribution in [-0.4, -0.2) is 35.8 Å². The highest BCUT2D eigenvalue weighted by Gasteiger charge is 2.25. The normalized spacial score (nSPS) is 18.4. The van der Waals surface area contributed by atoms with Gasteiger partial charge in [-0.3, -0.25) is 4.68 Å². The number of hydrogen-bond donors (Lipinski definition) is 1. The molecular formula is C12H20BrN3O2. The highest BCUT2D eigenvalue weighted by molar-refractivity contribution is 9.10. The van der Waals surface area contributed by atoms with Crippen LogP contribution in [0, 0.1) is 0 Å². The van der Waals surface area contributed by atoms with Crippen LogP contribution in [0.4, 0.5) is 0 Å². The monoisotopic (exact) mass is 317 g/mol. The Kier molecular flexibility index (Phi) is 5.17. The average molecular weight is 318 g/mol. The molecule has 2 rings (SSSR count). The van der Waals surface area contributed by atoms with E-state index in [0.717, 1.165) is 29.6 Å². The van der Waals surface area contributed by atoms with Crippen molar-refractivity contribution in [2.75, 3.05) is 19.8 Å². The SMILES string of the molecule is CCCNC(CC1OCCO1)c1c(Br)cnn1C. The lowest BCUT2D eigenvalue weighted by Gasteiger charge is -2.22. The summed E-state index contributed by atoms with van der Waals surface area (Å²) in [6.45, 7) is 4.51. The number of aryl methyl sites for hydroxylation is 1. The summed E-state index contributed by atoms with van der Waals surface area (Å²) in [5, 5.41) is 7.80. The van der Waals surface area contributed by atoms with Crippen LogP contribution in [0.25, 0.3) is 0 Å². The standard InChI is InChI=1S/C12H20BrN3O2/c1-3-4-14-10(7-11-17-5-6-18-11)12-9(13)8-15-16(12)2/h8,10-11,14H,3-7H2,1-2H3. The van der Waals surface area contributed by atoms with E-state index in [2.05, 4.69) is 33.3 Å². The summed E-state index contributed by atoms with van der Waals surface area (Å²) in [7, 11) is 1.96. The summed E-state index contributed by atoms with van der Waals surface area (Å²) in [6, 6.07) is 0.190. The summed E-state index contributed by atoms with van der Waals surface area (Å²) in [5.74, 6) is 0. The molecule has 1 aliphatic heterocycles. The van der Waals surface area contributed by atoms with Crippen LogP contribution in [-0.2, 0) is 16.5 Å². The van der Waals surface area contributed by atoms with Crippen LogP contribution in [0.2, 0.25) is 0 Å². The van der Waals surface area contributed by atoms with Crippen molar-refractivity contribution < 1.29 is 9.47 Å². The summed E-state index contributed by atoms with van der Waals surface area (Å²) in [6.07, 6.45) is 3.61. The molecule has 1 atom stereocenters. The Morgan fingerprint density at radius 2 is 2.28 bits per heavy atom. The number of halogens is 1. The molecule has 1 N–H and O–H groups in total. The van der Waals surface area contributed by atoms with Crippen LogP contribution in [0.3, 0.4) is 0 Å². The van der Waals surface area contributed by atoms with E-state index in [-0.39, 0.29) is 12.3 Å². The summed E-state index contributed by atoms with van der Waals surface area (Å²) in [5.41, 5.74) is 1.14. The van der Waals surface area contributed by atoms with Gasteiger partial charge in [0, 0.05) is 13.5 Å². The van der Waals surface area contributed by atoms with Crippen LogP contribution in [0.1, 0.15) is 31.5 Å². The fourth-order valence-corrected chi connectivity index (χ4v) is 2.78. The molecule has 0 spiro atoms. The van der Waals surface area contributed by atoms with E-state index in [1.54, 1.807) is 0 Å². The van der Waals surface area contributed by atoms with Gasteiger partial charge in [-0.2, -0.15) is 5.10 Å². The van der Waals surface area contributed by atoms with E-state index in [9.17, 15) is 0 Å². The van der Waals surface area contributed by atoms with Crippen molar-refractivity contribution in [1.29, 1.82) is 0 Å². The highest BCUT2D eigenvalue weighted by Crippen LogP contribution is 2.27. The minimum absolute atomic E-state index is 0.110. The quantitative estimate of drug-likeness (QED) is 0.871. The zero-order valence-corrected chi connectivity index (χ0v) is 12.4. The maximum atomic E-state index is 5.53. The van der Waals surface area contributed by atoms with E-state index in [1.165, 1.54) is 0 Å². The summed E-state index contributed by atoms with van der Waals surface area (Å²) < 4.78 is 14.0. The third-order valence-corrected chi connectivity index (χ3v) is 3.64. The second kappa shape index (κ2) is 6.65. The van der Waals surface area contributed by atoms with E-state index in [1.807, 2.05) is 17.9 Å². The van der Waals surface area contributed by atoms with Crippen molar-refractivity contribution in [2.45, 2.75) is 32.1 Å². The molecule has 0 saturated carbocycles. The van der Waals surface area contributed by atoms with Crippen molar-refractivity contribution >= 4 is 15.9 Å². The lowest BCUT2D eigenvalue weighted by molar-refractivity contribution is -0.0534. The molecule has 0 aromatic carbocycles. The largest absolute Gasteiger partial charge is 0.350 e. The Morgan fingerprint density at radius 3 is 2.83 bits per heavy atom. The molecule has 1 aromatic heterocycles. The molecule has 1 fully saturated rings. The van der Waals surface area contributed by atoms with Gasteiger partial charge >= 0.3 is 0 Å². The lowest BCUT2D eigenvalue weighted by atomic mass is 10.1. The van der Waals surface area contributed by atoms with Gasteiger partial charge in [0.1, 0.15) is 0 Å². The average Bonchev–Trinajstić information content (AvgIpc) is 2.96. The summed E-state index contributed by atoms with van der Waals surface area (Å²) >= 11 is 3.55. The maximum Gasteiger partial charge on any atom is 0.159 e. The number of nitrogens with one attached hydrogen (secondary N) is 1. The molecule has 5 nitrogen and oxygen atoms in total. The second-order valence-electron chi connectivity index (χ2n) is 4.41. The zero-order valence-electron chi connectivity index (χ0n) is 10.9. The first-order chi connectivity index (χ1) is 8.72. The Hall–Kier alpha value is -0.430. The Labute approximate surface area is 116 Å². The Bertz CT molecular complexity index is 358. The van der Waals surface area contributed by atoms with Gasteiger partial charge in [0.2, 0.25) is 0 Å². The van der Waals surface area contributed by atoms with Crippen LogP contribution >= 0.6 is 15.9 Å². The number of hydrogen-bond acceptors (Lipinski definition) is 4. The van der Waals surface area contributed by atoms with Crippen molar-refractivity contribution in [1.82, 2.24) is 15.1 Å². The number of rotatable bonds is 6. The van der Waals surface area contributed by atoms with Gasteiger partial charge in [-0.25, -0.2) is 0 Å². The fraction of sp³-hybridized carbons (Fsp3) is 0.750. The molecule has 0 radical (unpaired) electrons. The molecule has 6 heteroatoms. The predicted octanol–water partition coefficient (Wildman–Crippen LogP) is 1.99. The first-order valence-electron chi connectivity index (χ1n) is 6.36. The van der Waals surface area contributed by atoms with E-state index in [4.69, 9.17) is 9.47 Å². The smallest absolute Gasteiger partial charge is 0.159 e. The molecular weight excluding hydrogens is 298 g/mol. The zero-order chi connectivity index (χ0) is 13.0. The minimum atomic E-state index is -0.110. The van der Waals surface area contributed by atoms with Crippen molar-refractivity contribution in [3.63, 3.8) is 0 Å². The van der Waals surface area contributed by atoms with Gasteiger partial charge in [0.15, 0.2) is 6.29 Å². The lowest BCUT2D eigenvalue weighted by Crippen LogP contribution is -2.28. The van der Waals surface area contributed by atoms with Crippen molar-refractivity contribution in [3.05, 3.63) is 16.4 Å². The van der Waals surface area contributed by atoms with Crippen molar-refractivity contribution in [3.8, 4) is 0 Å². The number of ether oxygens (including phenoxy) is 2. The molecule has 0 aliphatic carbocycles. The molecule has 18 heavy (non-hydrogen) atoms. The molecule has 1 aromatic rings. The fourth-order valence-electron chi connectivity index (χ4n) is 2.16. The molecule has 0 amide bonds. The van der Waals surface area contributed by atoms with Gasteiger partial charge in [-0.15, -0.1) is 0 Å². The van der Waals surface area contributed by atoms with Crippen LogP contribution in [0.5, 0.6) is 0 Å². The maximum absolute atomic E-state index is 5.53. The van der Waals surface area contributed by atoms with E-state index < -0.39 is 0 Å². The second-order valence-corrected chi connectivity index (χ2v) is 5.27. The number of nitrogens with zero attached hydrogens (tertiary/aromatic N) is 2. The van der Waals surface area contributed by atoms with Crippen LogP contribution in [0.15, 0.2) is 10.7 Å². The first kappa shape index (κ1) is 14.0. The summed E-state index contributed by atoms with van der Waals surface area (Å²) in [4.78, 5) is 0. The van der Waals surface area contributed by atoms with Gasteiger partial charge < -0.3 is 14.8 Å². The molecule has 1 unspecified atom stereocenters. The molecule has 0 bridgehead atoms. The van der Waals surface area contributed by atoms with Crippen molar-refractivity contribution in [2.24, 2.45) is 7.05 Å².